The molecule has 1 saturated carbocycles. The first-order chi connectivity index (χ1) is 11.8. The number of nitrogens with one attached hydrogen (secondary N) is 1. The number of aromatic nitrogens is 1. The van der Waals surface area contributed by atoms with Crippen LogP contribution in [-0.2, 0) is 0 Å². The minimum absolute atomic E-state index is 0.0310. The van der Waals surface area contributed by atoms with E-state index >= 15 is 0 Å². The van der Waals surface area contributed by atoms with Crippen molar-refractivity contribution in [2.75, 3.05) is 37.6 Å². The fourth-order valence-corrected chi connectivity index (χ4v) is 3.74. The van der Waals surface area contributed by atoms with Gasteiger partial charge in [0, 0.05) is 38.4 Å². The van der Waals surface area contributed by atoms with Gasteiger partial charge in [-0.15, -0.1) is 0 Å². The van der Waals surface area contributed by atoms with Gasteiger partial charge < -0.3 is 15.1 Å². The molecule has 24 heavy (non-hydrogen) atoms. The summed E-state index contributed by atoms with van der Waals surface area (Å²) in [5.74, 6) is 0.0310. The normalized spacial score (nSPS) is 20.6. The second kappa shape index (κ2) is 8.47. The van der Waals surface area contributed by atoms with E-state index in [0.29, 0.717) is 11.6 Å². The van der Waals surface area contributed by atoms with Gasteiger partial charge >= 0.3 is 0 Å². The monoisotopic (exact) mass is 330 g/mol. The molecule has 1 aromatic rings. The molecule has 0 aromatic carbocycles. The van der Waals surface area contributed by atoms with Crippen molar-refractivity contribution in [1.29, 1.82) is 0 Å². The second-order valence-electron chi connectivity index (χ2n) is 7.02. The molecule has 1 aliphatic carbocycles. The lowest BCUT2D eigenvalue weighted by Crippen LogP contribution is -2.46. The van der Waals surface area contributed by atoms with Crippen molar-refractivity contribution in [3.05, 3.63) is 24.0 Å². The van der Waals surface area contributed by atoms with Gasteiger partial charge in [0.15, 0.2) is 0 Å². The Bertz CT molecular complexity index is 532. The fourth-order valence-electron chi connectivity index (χ4n) is 3.74. The molecule has 0 radical (unpaired) electrons. The lowest BCUT2D eigenvalue weighted by Gasteiger charge is -2.35. The Labute approximate surface area is 145 Å². The summed E-state index contributed by atoms with van der Waals surface area (Å²) < 4.78 is 0. The molecule has 3 rings (SSSR count). The number of amides is 1. The molecule has 0 atom stereocenters. The Morgan fingerprint density at radius 3 is 2.50 bits per heavy atom. The first kappa shape index (κ1) is 17.2. The van der Waals surface area contributed by atoms with Crippen LogP contribution in [0.3, 0.4) is 0 Å². The van der Waals surface area contributed by atoms with E-state index in [-0.39, 0.29) is 5.91 Å². The molecule has 2 heterocycles. The number of likely N-dealkylation sites (N-methyl/N-ethyl adjacent to an activating group) is 1. The van der Waals surface area contributed by atoms with Crippen LogP contribution >= 0.6 is 0 Å². The maximum atomic E-state index is 12.6. The smallest absolute Gasteiger partial charge is 0.253 e. The standard InChI is InChI=1S/C19H30N4O/c1-2-22-9-11-23(12-10-22)18-13-16(14-20-15-18)19(24)21-17-7-5-3-4-6-8-17/h13-15,17H,2-12H2,1H3,(H,21,24). The zero-order valence-corrected chi connectivity index (χ0v) is 14.8. The van der Waals surface area contributed by atoms with Gasteiger partial charge in [-0.3, -0.25) is 9.78 Å². The van der Waals surface area contributed by atoms with Crippen LogP contribution < -0.4 is 10.2 Å². The Kier molecular flexibility index (Phi) is 6.07. The van der Waals surface area contributed by atoms with Gasteiger partial charge in [-0.1, -0.05) is 32.6 Å². The SMILES string of the molecule is CCN1CCN(c2cncc(C(=O)NC3CCCCCC3)c2)CC1. The van der Waals surface area contributed by atoms with E-state index in [0.717, 1.165) is 51.3 Å². The molecule has 2 aliphatic rings. The van der Waals surface area contributed by atoms with Gasteiger partial charge in [0.1, 0.15) is 0 Å². The number of hydrogen-bond acceptors (Lipinski definition) is 4. The van der Waals surface area contributed by atoms with Crippen molar-refractivity contribution in [1.82, 2.24) is 15.2 Å². The highest BCUT2D eigenvalue weighted by molar-refractivity contribution is 5.94. The summed E-state index contributed by atoms with van der Waals surface area (Å²) in [6, 6.07) is 2.33. The lowest BCUT2D eigenvalue weighted by molar-refractivity contribution is 0.0933. The average Bonchev–Trinajstić information content (AvgIpc) is 2.90. The average molecular weight is 330 g/mol. The molecule has 1 aliphatic heterocycles. The highest BCUT2D eigenvalue weighted by atomic mass is 16.1. The van der Waals surface area contributed by atoms with Crippen LogP contribution in [0.1, 0.15) is 55.8 Å². The van der Waals surface area contributed by atoms with Crippen LogP contribution in [0.5, 0.6) is 0 Å². The highest BCUT2D eigenvalue weighted by Crippen LogP contribution is 2.19. The number of carbonyl (C=O) groups excluding carboxylic acids is 1. The molecule has 1 N–H and O–H groups in total. The van der Waals surface area contributed by atoms with Crippen molar-refractivity contribution in [3.63, 3.8) is 0 Å². The van der Waals surface area contributed by atoms with E-state index in [1.807, 2.05) is 12.3 Å². The summed E-state index contributed by atoms with van der Waals surface area (Å²) in [4.78, 5) is 21.7. The number of piperazine rings is 1. The van der Waals surface area contributed by atoms with Crippen LogP contribution in [0.15, 0.2) is 18.5 Å². The molecule has 1 aromatic heterocycles. The summed E-state index contributed by atoms with van der Waals surface area (Å²) in [6.45, 7) is 7.47. The number of carbonyl (C=O) groups is 1. The number of nitrogens with zero attached hydrogens (tertiary/aromatic N) is 3. The summed E-state index contributed by atoms with van der Waals surface area (Å²) in [5.41, 5.74) is 1.76. The van der Waals surface area contributed by atoms with Crippen molar-refractivity contribution < 1.29 is 4.79 Å². The van der Waals surface area contributed by atoms with E-state index in [1.165, 1.54) is 25.7 Å². The maximum Gasteiger partial charge on any atom is 0.253 e. The van der Waals surface area contributed by atoms with E-state index in [4.69, 9.17) is 0 Å². The predicted molar refractivity (Wildman–Crippen MR) is 97.5 cm³/mol. The molecule has 0 bridgehead atoms. The van der Waals surface area contributed by atoms with Gasteiger partial charge in [0.05, 0.1) is 17.4 Å². The molecular formula is C19H30N4O. The number of anilines is 1. The zero-order chi connectivity index (χ0) is 16.8. The molecule has 2 fully saturated rings. The molecule has 132 valence electrons. The van der Waals surface area contributed by atoms with Gasteiger partial charge in [0.2, 0.25) is 0 Å². The predicted octanol–water partition coefficient (Wildman–Crippen LogP) is 2.68. The Balaban J connectivity index is 1.61. The third-order valence-electron chi connectivity index (χ3n) is 5.36. The van der Waals surface area contributed by atoms with Gasteiger partial charge in [0.25, 0.3) is 5.91 Å². The van der Waals surface area contributed by atoms with Crippen molar-refractivity contribution >= 4 is 11.6 Å². The van der Waals surface area contributed by atoms with E-state index < -0.39 is 0 Å². The quantitative estimate of drug-likeness (QED) is 0.862. The first-order valence-electron chi connectivity index (χ1n) is 9.49. The minimum Gasteiger partial charge on any atom is -0.368 e. The summed E-state index contributed by atoms with van der Waals surface area (Å²) in [6.07, 6.45) is 10.8. The summed E-state index contributed by atoms with van der Waals surface area (Å²) in [5, 5.41) is 3.22. The van der Waals surface area contributed by atoms with Crippen LogP contribution in [0.4, 0.5) is 5.69 Å². The number of rotatable bonds is 4. The Morgan fingerprint density at radius 1 is 1.12 bits per heavy atom. The van der Waals surface area contributed by atoms with E-state index in [1.54, 1.807) is 6.20 Å². The van der Waals surface area contributed by atoms with E-state index in [9.17, 15) is 4.79 Å². The molecular weight excluding hydrogens is 300 g/mol. The minimum atomic E-state index is 0.0310. The molecule has 1 amide bonds. The van der Waals surface area contributed by atoms with Crippen molar-refractivity contribution in [2.45, 2.75) is 51.5 Å². The van der Waals surface area contributed by atoms with Gasteiger partial charge in [-0.25, -0.2) is 0 Å². The Hall–Kier alpha value is -1.62. The van der Waals surface area contributed by atoms with Gasteiger partial charge in [-0.2, -0.15) is 0 Å². The van der Waals surface area contributed by atoms with Gasteiger partial charge in [-0.05, 0) is 25.5 Å². The first-order valence-corrected chi connectivity index (χ1v) is 9.49. The third kappa shape index (κ3) is 4.47. The van der Waals surface area contributed by atoms with Crippen LogP contribution in [0.2, 0.25) is 0 Å². The number of hydrogen-bond donors (Lipinski definition) is 1. The van der Waals surface area contributed by atoms with Crippen molar-refractivity contribution in [2.24, 2.45) is 0 Å². The molecule has 5 nitrogen and oxygen atoms in total. The highest BCUT2D eigenvalue weighted by Gasteiger charge is 2.19. The van der Waals surface area contributed by atoms with Crippen LogP contribution in [-0.4, -0.2) is 54.6 Å². The van der Waals surface area contributed by atoms with Crippen LogP contribution in [0, 0.1) is 0 Å². The largest absolute Gasteiger partial charge is 0.368 e. The Morgan fingerprint density at radius 2 is 1.83 bits per heavy atom. The van der Waals surface area contributed by atoms with E-state index in [2.05, 4.69) is 27.0 Å². The van der Waals surface area contributed by atoms with Crippen molar-refractivity contribution in [3.8, 4) is 0 Å². The molecule has 0 spiro atoms. The van der Waals surface area contributed by atoms with Crippen LogP contribution in [0.25, 0.3) is 0 Å². The second-order valence-corrected chi connectivity index (χ2v) is 7.02. The summed E-state index contributed by atoms with van der Waals surface area (Å²) in [7, 11) is 0. The summed E-state index contributed by atoms with van der Waals surface area (Å²) >= 11 is 0. The molecule has 1 saturated heterocycles. The zero-order valence-electron chi connectivity index (χ0n) is 14.8. The topological polar surface area (TPSA) is 48.5 Å². The number of pyridine rings is 1. The maximum absolute atomic E-state index is 12.6. The molecule has 0 unspecified atom stereocenters. The lowest BCUT2D eigenvalue weighted by atomic mass is 10.1. The third-order valence-corrected chi connectivity index (χ3v) is 5.36. The fraction of sp³-hybridized carbons (Fsp3) is 0.684. The molecule has 5 heteroatoms.